The molecular formula is C11H20N4O. The maximum atomic E-state index is 11.4. The number of carbonyl (C=O) groups excluding carboxylic acids is 1. The zero-order valence-electron chi connectivity index (χ0n) is 10.2. The van der Waals surface area contributed by atoms with E-state index < -0.39 is 0 Å². The van der Waals surface area contributed by atoms with Crippen molar-refractivity contribution in [2.24, 2.45) is 13.0 Å². The molecule has 5 nitrogen and oxygen atoms in total. The van der Waals surface area contributed by atoms with Crippen molar-refractivity contribution in [1.29, 1.82) is 0 Å². The fourth-order valence-electron chi connectivity index (χ4n) is 1.24. The molecule has 1 amide bonds. The molecule has 90 valence electrons. The lowest BCUT2D eigenvalue weighted by Gasteiger charge is -2.08. The van der Waals surface area contributed by atoms with Crippen molar-refractivity contribution in [3.05, 3.63) is 18.2 Å². The number of nitrogens with one attached hydrogen (secondary N) is 2. The van der Waals surface area contributed by atoms with Crippen molar-refractivity contribution < 1.29 is 4.79 Å². The Balaban J connectivity index is 2.16. The highest BCUT2D eigenvalue weighted by Crippen LogP contribution is 1.94. The van der Waals surface area contributed by atoms with E-state index in [0.29, 0.717) is 19.0 Å². The summed E-state index contributed by atoms with van der Waals surface area (Å²) in [5.74, 6) is 0.525. The van der Waals surface area contributed by atoms with Gasteiger partial charge in [0.05, 0.1) is 18.6 Å². The first-order valence-corrected chi connectivity index (χ1v) is 5.52. The van der Waals surface area contributed by atoms with E-state index in [9.17, 15) is 4.79 Å². The van der Waals surface area contributed by atoms with Crippen LogP contribution in [-0.2, 0) is 18.4 Å². The van der Waals surface area contributed by atoms with Crippen LogP contribution in [0.5, 0.6) is 0 Å². The zero-order valence-corrected chi connectivity index (χ0v) is 10.2. The van der Waals surface area contributed by atoms with Gasteiger partial charge >= 0.3 is 0 Å². The standard InChI is InChI=1S/C11H20N4O/c1-9(2)4-14-11(16)7-12-5-10-6-13-8-15(10)3/h6,8-9,12H,4-5,7H2,1-3H3,(H,14,16). The number of aromatic nitrogens is 2. The van der Waals surface area contributed by atoms with Crippen molar-refractivity contribution in [2.45, 2.75) is 20.4 Å². The molecule has 0 aliphatic heterocycles. The van der Waals surface area contributed by atoms with Crippen molar-refractivity contribution in [3.8, 4) is 0 Å². The van der Waals surface area contributed by atoms with Crippen LogP contribution in [0.15, 0.2) is 12.5 Å². The van der Waals surface area contributed by atoms with Gasteiger partial charge in [0.25, 0.3) is 0 Å². The number of aryl methyl sites for hydroxylation is 1. The Labute approximate surface area is 96.3 Å². The minimum Gasteiger partial charge on any atom is -0.355 e. The maximum absolute atomic E-state index is 11.4. The Morgan fingerprint density at radius 3 is 2.88 bits per heavy atom. The number of hydrogen-bond donors (Lipinski definition) is 2. The van der Waals surface area contributed by atoms with Crippen molar-refractivity contribution in [1.82, 2.24) is 20.2 Å². The first kappa shape index (κ1) is 12.7. The van der Waals surface area contributed by atoms with Crippen molar-refractivity contribution in [3.63, 3.8) is 0 Å². The molecule has 1 rings (SSSR count). The van der Waals surface area contributed by atoms with E-state index in [-0.39, 0.29) is 5.91 Å². The van der Waals surface area contributed by atoms with E-state index in [2.05, 4.69) is 29.5 Å². The third kappa shape index (κ3) is 4.44. The molecule has 0 aliphatic rings. The Hall–Kier alpha value is -1.36. The molecule has 0 radical (unpaired) electrons. The molecule has 1 aromatic heterocycles. The van der Waals surface area contributed by atoms with Crippen LogP contribution in [0.3, 0.4) is 0 Å². The molecule has 0 fully saturated rings. The topological polar surface area (TPSA) is 59.0 Å². The molecule has 0 saturated heterocycles. The zero-order chi connectivity index (χ0) is 12.0. The molecule has 0 aliphatic carbocycles. The molecule has 1 heterocycles. The molecule has 0 saturated carbocycles. The molecule has 16 heavy (non-hydrogen) atoms. The number of rotatable bonds is 6. The highest BCUT2D eigenvalue weighted by molar-refractivity contribution is 5.77. The Morgan fingerprint density at radius 1 is 1.56 bits per heavy atom. The predicted molar refractivity (Wildman–Crippen MR) is 62.8 cm³/mol. The summed E-state index contributed by atoms with van der Waals surface area (Å²) in [6.45, 7) is 5.88. The van der Waals surface area contributed by atoms with Gasteiger partial charge in [-0.25, -0.2) is 4.98 Å². The fraction of sp³-hybridized carbons (Fsp3) is 0.636. The van der Waals surface area contributed by atoms with Gasteiger partial charge in [-0.2, -0.15) is 0 Å². The van der Waals surface area contributed by atoms with Crippen molar-refractivity contribution in [2.75, 3.05) is 13.1 Å². The number of amides is 1. The fourth-order valence-corrected chi connectivity index (χ4v) is 1.24. The first-order chi connectivity index (χ1) is 7.59. The first-order valence-electron chi connectivity index (χ1n) is 5.52. The predicted octanol–water partition coefficient (Wildman–Crippen LogP) is 0.282. The van der Waals surface area contributed by atoms with E-state index in [1.807, 2.05) is 11.6 Å². The van der Waals surface area contributed by atoms with Gasteiger partial charge in [-0.1, -0.05) is 13.8 Å². The van der Waals surface area contributed by atoms with Crippen LogP contribution in [0.2, 0.25) is 0 Å². The average Bonchev–Trinajstić information content (AvgIpc) is 2.61. The summed E-state index contributed by atoms with van der Waals surface area (Å²) >= 11 is 0. The van der Waals surface area contributed by atoms with Crippen LogP contribution < -0.4 is 10.6 Å². The minimum absolute atomic E-state index is 0.0378. The SMILES string of the molecule is CC(C)CNC(=O)CNCc1cncn1C. The van der Waals surface area contributed by atoms with Gasteiger partial charge in [-0.15, -0.1) is 0 Å². The summed E-state index contributed by atoms with van der Waals surface area (Å²) in [4.78, 5) is 15.4. The Morgan fingerprint density at radius 2 is 2.31 bits per heavy atom. The second kappa shape index (κ2) is 6.27. The smallest absolute Gasteiger partial charge is 0.233 e. The summed E-state index contributed by atoms with van der Waals surface area (Å²) in [6, 6.07) is 0. The van der Waals surface area contributed by atoms with Gasteiger partial charge in [0.1, 0.15) is 0 Å². The molecule has 1 aromatic rings. The third-order valence-electron chi connectivity index (χ3n) is 2.22. The second-order valence-electron chi connectivity index (χ2n) is 4.30. The quantitative estimate of drug-likeness (QED) is 0.730. The summed E-state index contributed by atoms with van der Waals surface area (Å²) in [5.41, 5.74) is 1.07. The highest BCUT2D eigenvalue weighted by atomic mass is 16.1. The minimum atomic E-state index is 0.0378. The van der Waals surface area contributed by atoms with Gasteiger partial charge in [0, 0.05) is 26.3 Å². The molecule has 5 heteroatoms. The third-order valence-corrected chi connectivity index (χ3v) is 2.22. The summed E-state index contributed by atoms with van der Waals surface area (Å²) in [5, 5.41) is 5.93. The van der Waals surface area contributed by atoms with Crippen LogP contribution in [0.4, 0.5) is 0 Å². The summed E-state index contributed by atoms with van der Waals surface area (Å²) in [6.07, 6.45) is 3.54. The van der Waals surface area contributed by atoms with Crippen molar-refractivity contribution >= 4 is 5.91 Å². The number of hydrogen-bond acceptors (Lipinski definition) is 3. The molecule has 0 aromatic carbocycles. The van der Waals surface area contributed by atoms with Crippen LogP contribution in [0.1, 0.15) is 19.5 Å². The van der Waals surface area contributed by atoms with E-state index in [0.717, 1.165) is 12.2 Å². The highest BCUT2D eigenvalue weighted by Gasteiger charge is 2.02. The van der Waals surface area contributed by atoms with Crippen LogP contribution in [0, 0.1) is 5.92 Å². The van der Waals surface area contributed by atoms with Gasteiger partial charge in [-0.3, -0.25) is 4.79 Å². The van der Waals surface area contributed by atoms with E-state index in [1.165, 1.54) is 0 Å². The Bertz CT molecular complexity index is 332. The van der Waals surface area contributed by atoms with Gasteiger partial charge in [0.15, 0.2) is 0 Å². The normalized spacial score (nSPS) is 10.8. The maximum Gasteiger partial charge on any atom is 0.233 e. The molecule has 0 bridgehead atoms. The van der Waals surface area contributed by atoms with E-state index in [4.69, 9.17) is 0 Å². The number of nitrogens with zero attached hydrogens (tertiary/aromatic N) is 2. The molecular weight excluding hydrogens is 204 g/mol. The monoisotopic (exact) mass is 224 g/mol. The average molecular weight is 224 g/mol. The van der Waals surface area contributed by atoms with E-state index >= 15 is 0 Å². The van der Waals surface area contributed by atoms with Crippen LogP contribution >= 0.6 is 0 Å². The number of carbonyl (C=O) groups is 1. The number of imidazole rings is 1. The van der Waals surface area contributed by atoms with Gasteiger partial charge in [-0.05, 0) is 5.92 Å². The lowest BCUT2D eigenvalue weighted by molar-refractivity contribution is -0.120. The largest absolute Gasteiger partial charge is 0.355 e. The summed E-state index contributed by atoms with van der Waals surface area (Å²) < 4.78 is 1.93. The molecule has 2 N–H and O–H groups in total. The van der Waals surface area contributed by atoms with Gasteiger partial charge < -0.3 is 15.2 Å². The lowest BCUT2D eigenvalue weighted by Crippen LogP contribution is -2.35. The lowest BCUT2D eigenvalue weighted by atomic mass is 10.2. The molecule has 0 unspecified atom stereocenters. The van der Waals surface area contributed by atoms with Gasteiger partial charge in [0.2, 0.25) is 5.91 Å². The molecule has 0 atom stereocenters. The van der Waals surface area contributed by atoms with Crippen LogP contribution in [0.25, 0.3) is 0 Å². The summed E-state index contributed by atoms with van der Waals surface area (Å²) in [7, 11) is 1.93. The van der Waals surface area contributed by atoms with E-state index in [1.54, 1.807) is 12.5 Å². The molecule has 0 spiro atoms. The van der Waals surface area contributed by atoms with Crippen LogP contribution in [-0.4, -0.2) is 28.5 Å². The second-order valence-corrected chi connectivity index (χ2v) is 4.30. The Kier molecular flexibility index (Phi) is 4.98.